The summed E-state index contributed by atoms with van der Waals surface area (Å²) in [6.07, 6.45) is 0. The minimum absolute atomic E-state index is 0.204. The summed E-state index contributed by atoms with van der Waals surface area (Å²) >= 11 is 3.45. The van der Waals surface area contributed by atoms with Gasteiger partial charge in [-0.3, -0.25) is 10.1 Å². The normalized spacial score (nSPS) is 10.6. The molecule has 0 unspecified atom stereocenters. The van der Waals surface area contributed by atoms with Crippen molar-refractivity contribution in [2.24, 2.45) is 0 Å². The van der Waals surface area contributed by atoms with Crippen molar-refractivity contribution >= 4 is 61.2 Å². The Kier molecular flexibility index (Phi) is 5.10. The number of thiazole rings is 1. The van der Waals surface area contributed by atoms with Gasteiger partial charge in [0, 0.05) is 3.57 Å². The Morgan fingerprint density at radius 3 is 2.79 bits per heavy atom. The molecule has 5 nitrogen and oxygen atoms in total. The van der Waals surface area contributed by atoms with Gasteiger partial charge in [0.1, 0.15) is 0 Å². The van der Waals surface area contributed by atoms with Crippen molar-refractivity contribution in [3.63, 3.8) is 0 Å². The van der Waals surface area contributed by atoms with Crippen LogP contribution in [0.15, 0.2) is 42.5 Å². The molecule has 0 bridgehead atoms. The van der Waals surface area contributed by atoms with E-state index in [1.54, 1.807) is 31.2 Å². The number of anilines is 1. The molecule has 0 atom stereocenters. The number of rotatable bonds is 4. The fraction of sp³-hybridized carbons (Fsp3) is 0.118. The van der Waals surface area contributed by atoms with Gasteiger partial charge in [0.2, 0.25) is 0 Å². The number of nitrogens with zero attached hydrogens (tertiary/aromatic N) is 1. The Labute approximate surface area is 156 Å². The van der Waals surface area contributed by atoms with Gasteiger partial charge in [-0.15, -0.1) is 0 Å². The first kappa shape index (κ1) is 16.8. The number of carbonyl (C=O) groups excluding carboxylic acids is 2. The highest BCUT2D eigenvalue weighted by Crippen LogP contribution is 2.27. The van der Waals surface area contributed by atoms with Gasteiger partial charge >= 0.3 is 5.97 Å². The third kappa shape index (κ3) is 3.57. The lowest BCUT2D eigenvalue weighted by atomic mass is 10.2. The lowest BCUT2D eigenvalue weighted by Gasteiger charge is -2.03. The molecule has 0 aliphatic carbocycles. The Balaban J connectivity index is 1.84. The maximum atomic E-state index is 12.3. The standard InChI is InChI=1S/C17H13IN2O3S/c1-2-23-16(22)10-7-8-13-14(9-10)24-17(19-13)20-15(21)11-5-3-4-6-12(11)18/h3-9H,2H2,1H3,(H,19,20,21). The molecular formula is C17H13IN2O3S. The molecule has 1 heterocycles. The molecule has 0 aliphatic rings. The summed E-state index contributed by atoms with van der Waals surface area (Å²) in [4.78, 5) is 28.5. The van der Waals surface area contributed by atoms with Gasteiger partial charge in [0.05, 0.1) is 28.0 Å². The van der Waals surface area contributed by atoms with E-state index < -0.39 is 0 Å². The van der Waals surface area contributed by atoms with Gasteiger partial charge in [-0.25, -0.2) is 9.78 Å². The molecule has 1 N–H and O–H groups in total. The number of ether oxygens (including phenoxy) is 1. The van der Waals surface area contributed by atoms with Crippen LogP contribution in [0, 0.1) is 3.57 Å². The lowest BCUT2D eigenvalue weighted by Crippen LogP contribution is -2.12. The molecule has 0 saturated heterocycles. The number of nitrogens with one attached hydrogen (secondary N) is 1. The molecule has 0 spiro atoms. The second kappa shape index (κ2) is 7.27. The van der Waals surface area contributed by atoms with Crippen molar-refractivity contribution in [2.45, 2.75) is 6.92 Å². The second-order valence-corrected chi connectivity index (χ2v) is 7.05. The molecule has 2 aromatic carbocycles. The summed E-state index contributed by atoms with van der Waals surface area (Å²) in [7, 11) is 0. The molecule has 1 aromatic heterocycles. The second-order valence-electron chi connectivity index (χ2n) is 4.86. The number of benzene rings is 2. The summed E-state index contributed by atoms with van der Waals surface area (Å²) in [5.74, 6) is -0.568. The minimum Gasteiger partial charge on any atom is -0.462 e. The van der Waals surface area contributed by atoms with Crippen LogP contribution in [0.3, 0.4) is 0 Å². The minimum atomic E-state index is -0.364. The predicted octanol–water partition coefficient (Wildman–Crippen LogP) is 4.33. The number of amides is 1. The summed E-state index contributed by atoms with van der Waals surface area (Å²) in [6.45, 7) is 2.10. The molecule has 0 fully saturated rings. The van der Waals surface area contributed by atoms with Crippen LogP contribution in [-0.2, 0) is 4.74 Å². The molecule has 3 aromatic rings. The number of fused-ring (bicyclic) bond motifs is 1. The Hall–Kier alpha value is -2.00. The maximum Gasteiger partial charge on any atom is 0.338 e. The van der Waals surface area contributed by atoms with Crippen molar-refractivity contribution in [3.8, 4) is 0 Å². The summed E-state index contributed by atoms with van der Waals surface area (Å²) in [5.41, 5.74) is 1.80. The molecule has 3 rings (SSSR count). The SMILES string of the molecule is CCOC(=O)c1ccc2nc(NC(=O)c3ccccc3I)sc2c1. The first-order valence-electron chi connectivity index (χ1n) is 7.22. The van der Waals surface area contributed by atoms with Crippen LogP contribution in [0.5, 0.6) is 0 Å². The van der Waals surface area contributed by atoms with Crippen LogP contribution >= 0.6 is 33.9 Å². The quantitative estimate of drug-likeness (QED) is 0.473. The van der Waals surface area contributed by atoms with Crippen molar-refractivity contribution < 1.29 is 14.3 Å². The maximum absolute atomic E-state index is 12.3. The van der Waals surface area contributed by atoms with E-state index in [1.807, 2.05) is 18.2 Å². The number of hydrogen-bond donors (Lipinski definition) is 1. The third-order valence-electron chi connectivity index (χ3n) is 3.24. The number of carbonyl (C=O) groups is 2. The van der Waals surface area contributed by atoms with E-state index in [1.165, 1.54) is 11.3 Å². The van der Waals surface area contributed by atoms with Crippen molar-refractivity contribution in [1.29, 1.82) is 0 Å². The number of hydrogen-bond acceptors (Lipinski definition) is 5. The van der Waals surface area contributed by atoms with Gasteiger partial charge in [0.15, 0.2) is 5.13 Å². The van der Waals surface area contributed by atoms with Crippen molar-refractivity contribution in [1.82, 2.24) is 4.98 Å². The average molecular weight is 452 g/mol. The molecule has 0 radical (unpaired) electrons. The van der Waals surface area contributed by atoms with Crippen LogP contribution in [-0.4, -0.2) is 23.5 Å². The molecule has 0 saturated carbocycles. The highest BCUT2D eigenvalue weighted by Gasteiger charge is 2.14. The number of halogens is 1. The van der Waals surface area contributed by atoms with Gasteiger partial charge in [-0.05, 0) is 59.8 Å². The van der Waals surface area contributed by atoms with E-state index in [2.05, 4.69) is 32.9 Å². The van der Waals surface area contributed by atoms with Gasteiger partial charge in [0.25, 0.3) is 5.91 Å². The lowest BCUT2D eigenvalue weighted by molar-refractivity contribution is 0.0526. The number of esters is 1. The van der Waals surface area contributed by atoms with Crippen LogP contribution in [0.1, 0.15) is 27.6 Å². The average Bonchev–Trinajstić information content (AvgIpc) is 2.96. The van der Waals surface area contributed by atoms with Gasteiger partial charge < -0.3 is 4.74 Å². The summed E-state index contributed by atoms with van der Waals surface area (Å²) in [6, 6.07) is 12.5. The van der Waals surface area contributed by atoms with E-state index in [0.717, 1.165) is 13.8 Å². The van der Waals surface area contributed by atoms with E-state index in [4.69, 9.17) is 4.74 Å². The number of aromatic nitrogens is 1. The monoisotopic (exact) mass is 452 g/mol. The Bertz CT molecular complexity index is 923. The summed E-state index contributed by atoms with van der Waals surface area (Å²) in [5, 5.41) is 3.31. The van der Waals surface area contributed by atoms with Crippen molar-refractivity contribution in [2.75, 3.05) is 11.9 Å². The van der Waals surface area contributed by atoms with Gasteiger partial charge in [-0.2, -0.15) is 0 Å². The molecule has 122 valence electrons. The predicted molar refractivity (Wildman–Crippen MR) is 103 cm³/mol. The highest BCUT2D eigenvalue weighted by atomic mass is 127. The smallest absolute Gasteiger partial charge is 0.338 e. The van der Waals surface area contributed by atoms with E-state index >= 15 is 0 Å². The topological polar surface area (TPSA) is 68.3 Å². The van der Waals surface area contributed by atoms with E-state index in [0.29, 0.717) is 22.9 Å². The molecule has 7 heteroatoms. The fourth-order valence-corrected chi connectivity index (χ4v) is 3.66. The largest absolute Gasteiger partial charge is 0.462 e. The first-order chi connectivity index (χ1) is 11.6. The molecular weight excluding hydrogens is 439 g/mol. The van der Waals surface area contributed by atoms with Crippen LogP contribution in [0.25, 0.3) is 10.2 Å². The third-order valence-corrected chi connectivity index (χ3v) is 5.11. The molecule has 24 heavy (non-hydrogen) atoms. The Morgan fingerprint density at radius 1 is 1.25 bits per heavy atom. The van der Waals surface area contributed by atoms with E-state index in [9.17, 15) is 9.59 Å². The highest BCUT2D eigenvalue weighted by molar-refractivity contribution is 14.1. The Morgan fingerprint density at radius 2 is 2.04 bits per heavy atom. The fourth-order valence-electron chi connectivity index (χ4n) is 2.13. The zero-order valence-corrected chi connectivity index (χ0v) is 15.7. The molecule has 1 amide bonds. The first-order valence-corrected chi connectivity index (χ1v) is 9.11. The van der Waals surface area contributed by atoms with Crippen molar-refractivity contribution in [3.05, 3.63) is 57.2 Å². The van der Waals surface area contributed by atoms with E-state index in [-0.39, 0.29) is 11.9 Å². The van der Waals surface area contributed by atoms with Crippen LogP contribution in [0.4, 0.5) is 5.13 Å². The van der Waals surface area contributed by atoms with Gasteiger partial charge in [-0.1, -0.05) is 23.5 Å². The van der Waals surface area contributed by atoms with Crippen LogP contribution < -0.4 is 5.32 Å². The summed E-state index contributed by atoms with van der Waals surface area (Å²) < 4.78 is 6.69. The van der Waals surface area contributed by atoms with Crippen LogP contribution in [0.2, 0.25) is 0 Å². The molecule has 0 aliphatic heterocycles. The zero-order chi connectivity index (χ0) is 17.1. The zero-order valence-electron chi connectivity index (χ0n) is 12.7.